The fourth-order valence-corrected chi connectivity index (χ4v) is 6.09. The molecule has 4 rings (SSSR count). The molecule has 0 atom stereocenters. The van der Waals surface area contributed by atoms with Crippen LogP contribution in [0, 0.1) is 0 Å². The molecule has 0 saturated carbocycles. The van der Waals surface area contributed by atoms with E-state index < -0.39 is 27.1 Å². The number of hydrogen-bond donors (Lipinski definition) is 1. The van der Waals surface area contributed by atoms with E-state index in [4.69, 9.17) is 16.3 Å². The Hall–Kier alpha value is -2.96. The highest BCUT2D eigenvalue weighted by Crippen LogP contribution is 2.33. The van der Waals surface area contributed by atoms with Crippen LogP contribution in [0.1, 0.15) is 11.1 Å². The van der Waals surface area contributed by atoms with E-state index in [1.165, 1.54) is 22.5 Å². The summed E-state index contributed by atoms with van der Waals surface area (Å²) in [7, 11) is -3.59. The molecule has 9 nitrogen and oxygen atoms in total. The molecule has 0 unspecified atom stereocenters. The Morgan fingerprint density at radius 2 is 1.78 bits per heavy atom. The molecule has 2 saturated heterocycles. The van der Waals surface area contributed by atoms with Crippen molar-refractivity contribution in [2.45, 2.75) is 4.90 Å². The van der Waals surface area contributed by atoms with Gasteiger partial charge in [0.05, 0.1) is 23.0 Å². The Morgan fingerprint density at radius 3 is 2.49 bits per heavy atom. The Kier molecular flexibility index (Phi) is 8.83. The van der Waals surface area contributed by atoms with Crippen molar-refractivity contribution in [3.05, 3.63) is 75.7 Å². The number of benzene rings is 2. The molecule has 2 aliphatic rings. The number of carbonyl (C=O) groups excluding carboxylic acids is 3. The lowest BCUT2D eigenvalue weighted by molar-refractivity contribution is -0.123. The number of imide groups is 1. The maximum atomic E-state index is 12.7. The number of nitrogens with one attached hydrogen (secondary N) is 1. The first-order valence-electron chi connectivity index (χ1n) is 11.4. The summed E-state index contributed by atoms with van der Waals surface area (Å²) in [4.78, 5) is 38.6. The highest BCUT2D eigenvalue weighted by Gasteiger charge is 2.34. The Morgan fingerprint density at radius 1 is 1.08 bits per heavy atom. The van der Waals surface area contributed by atoms with Gasteiger partial charge < -0.3 is 10.1 Å². The topological polar surface area (TPSA) is 113 Å². The van der Waals surface area contributed by atoms with Crippen LogP contribution in [0.4, 0.5) is 4.79 Å². The molecular weight excluding hydrogens is 538 g/mol. The third kappa shape index (κ3) is 6.68. The molecule has 2 fully saturated rings. The molecule has 194 valence electrons. The summed E-state index contributed by atoms with van der Waals surface area (Å²) in [5.74, 6) is -0.851. The number of thioether (sulfide) groups is 1. The standard InChI is InChI=1S/C25H24ClN3O6S2/c26-21-4-2-1-3-19(21)17-22-24(31)29(25(32)36-22)12-11-27-23(30)10-7-18-5-8-20(9-6-18)37(33,34)28-13-15-35-16-14-28/h1-10,17H,11-16H2,(H,27,30)/b10-7+,22-17-. The van der Waals surface area contributed by atoms with E-state index in [1.807, 2.05) is 0 Å². The smallest absolute Gasteiger partial charge is 0.293 e. The Bertz CT molecular complexity index is 1350. The summed E-state index contributed by atoms with van der Waals surface area (Å²) in [5, 5.41) is 2.69. The first-order chi connectivity index (χ1) is 17.8. The summed E-state index contributed by atoms with van der Waals surface area (Å²) in [6.07, 6.45) is 4.43. The van der Waals surface area contributed by atoms with E-state index in [1.54, 1.807) is 48.6 Å². The maximum Gasteiger partial charge on any atom is 0.293 e. The van der Waals surface area contributed by atoms with Gasteiger partial charge in [-0.3, -0.25) is 19.3 Å². The van der Waals surface area contributed by atoms with Gasteiger partial charge in [0.2, 0.25) is 15.9 Å². The van der Waals surface area contributed by atoms with E-state index in [9.17, 15) is 22.8 Å². The molecule has 3 amide bonds. The minimum absolute atomic E-state index is 0.0260. The van der Waals surface area contributed by atoms with Crippen molar-refractivity contribution in [2.75, 3.05) is 39.4 Å². The monoisotopic (exact) mass is 561 g/mol. The molecular formula is C25H24ClN3O6S2. The molecule has 37 heavy (non-hydrogen) atoms. The number of amides is 3. The van der Waals surface area contributed by atoms with Crippen LogP contribution < -0.4 is 5.32 Å². The largest absolute Gasteiger partial charge is 0.379 e. The molecule has 12 heteroatoms. The van der Waals surface area contributed by atoms with Crippen molar-refractivity contribution < 1.29 is 27.5 Å². The lowest BCUT2D eigenvalue weighted by atomic mass is 10.2. The predicted octanol–water partition coefficient (Wildman–Crippen LogP) is 3.23. The molecule has 1 N–H and O–H groups in total. The summed E-state index contributed by atoms with van der Waals surface area (Å²) < 4.78 is 32.0. The Balaban J connectivity index is 1.28. The van der Waals surface area contributed by atoms with Gasteiger partial charge in [0, 0.05) is 37.3 Å². The maximum absolute atomic E-state index is 12.7. The second kappa shape index (κ2) is 12.1. The van der Waals surface area contributed by atoms with Gasteiger partial charge in [0.15, 0.2) is 0 Å². The van der Waals surface area contributed by atoms with Gasteiger partial charge in [-0.15, -0.1) is 0 Å². The predicted molar refractivity (Wildman–Crippen MR) is 142 cm³/mol. The van der Waals surface area contributed by atoms with E-state index >= 15 is 0 Å². The molecule has 2 aliphatic heterocycles. The second-order valence-electron chi connectivity index (χ2n) is 8.06. The van der Waals surface area contributed by atoms with Crippen LogP contribution in [0.15, 0.2) is 64.4 Å². The van der Waals surface area contributed by atoms with Gasteiger partial charge in [0.1, 0.15) is 0 Å². The minimum atomic E-state index is -3.59. The van der Waals surface area contributed by atoms with Crippen molar-refractivity contribution >= 4 is 62.6 Å². The van der Waals surface area contributed by atoms with Crippen molar-refractivity contribution in [1.82, 2.24) is 14.5 Å². The van der Waals surface area contributed by atoms with Gasteiger partial charge >= 0.3 is 0 Å². The third-order valence-corrected chi connectivity index (χ3v) is 8.78. The fraction of sp³-hybridized carbons (Fsp3) is 0.240. The zero-order valence-corrected chi connectivity index (χ0v) is 22.0. The number of morpholine rings is 1. The molecule has 0 radical (unpaired) electrons. The van der Waals surface area contributed by atoms with Crippen LogP contribution in [0.5, 0.6) is 0 Å². The minimum Gasteiger partial charge on any atom is -0.379 e. The van der Waals surface area contributed by atoms with Crippen molar-refractivity contribution in [3.8, 4) is 0 Å². The van der Waals surface area contributed by atoms with Gasteiger partial charge in [-0.05, 0) is 53.2 Å². The van der Waals surface area contributed by atoms with Gasteiger partial charge in [0.25, 0.3) is 11.1 Å². The van der Waals surface area contributed by atoms with Crippen LogP contribution in [0.3, 0.4) is 0 Å². The zero-order chi connectivity index (χ0) is 26.4. The second-order valence-corrected chi connectivity index (χ2v) is 11.4. The van der Waals surface area contributed by atoms with Crippen LogP contribution in [-0.2, 0) is 24.3 Å². The third-order valence-electron chi connectivity index (χ3n) is 5.62. The molecule has 2 aromatic carbocycles. The number of rotatable bonds is 8. The summed E-state index contributed by atoms with van der Waals surface area (Å²) in [5.41, 5.74) is 1.28. The quantitative estimate of drug-likeness (QED) is 0.492. The highest BCUT2D eigenvalue weighted by atomic mass is 35.5. The molecule has 0 aliphatic carbocycles. The fourth-order valence-electron chi connectivity index (χ4n) is 3.63. The van der Waals surface area contributed by atoms with E-state index in [2.05, 4.69) is 5.32 Å². The number of hydrogen-bond acceptors (Lipinski definition) is 7. The first-order valence-corrected chi connectivity index (χ1v) is 14.0. The number of sulfonamides is 1. The van der Waals surface area contributed by atoms with E-state index in [0.29, 0.717) is 42.5 Å². The summed E-state index contributed by atoms with van der Waals surface area (Å²) in [6, 6.07) is 13.2. The van der Waals surface area contributed by atoms with Crippen LogP contribution in [0.25, 0.3) is 12.2 Å². The average Bonchev–Trinajstić information content (AvgIpc) is 3.17. The molecule has 0 bridgehead atoms. The Labute approximate surface area is 224 Å². The van der Waals surface area contributed by atoms with E-state index in [0.717, 1.165) is 16.7 Å². The SMILES string of the molecule is O=C(/C=C/c1ccc(S(=O)(=O)N2CCOCC2)cc1)NCCN1C(=O)S/C(=C\c2ccccc2Cl)C1=O. The highest BCUT2D eigenvalue weighted by molar-refractivity contribution is 8.18. The summed E-state index contributed by atoms with van der Waals surface area (Å²) in [6.45, 7) is 1.48. The van der Waals surface area contributed by atoms with Crippen LogP contribution >= 0.6 is 23.4 Å². The number of carbonyl (C=O) groups is 3. The number of ether oxygens (including phenoxy) is 1. The zero-order valence-electron chi connectivity index (χ0n) is 19.6. The lowest BCUT2D eigenvalue weighted by Gasteiger charge is -2.26. The molecule has 0 spiro atoms. The van der Waals surface area contributed by atoms with Crippen molar-refractivity contribution in [3.63, 3.8) is 0 Å². The van der Waals surface area contributed by atoms with Crippen LogP contribution in [0.2, 0.25) is 5.02 Å². The average molecular weight is 562 g/mol. The normalized spacial score (nSPS) is 18.2. The van der Waals surface area contributed by atoms with Gasteiger partial charge in [-0.2, -0.15) is 4.31 Å². The molecule has 2 aromatic rings. The number of halogens is 1. The van der Waals surface area contributed by atoms with Crippen molar-refractivity contribution in [2.24, 2.45) is 0 Å². The van der Waals surface area contributed by atoms with Gasteiger partial charge in [-0.25, -0.2) is 8.42 Å². The van der Waals surface area contributed by atoms with Crippen molar-refractivity contribution in [1.29, 1.82) is 0 Å². The van der Waals surface area contributed by atoms with Crippen LogP contribution in [-0.4, -0.2) is 74.1 Å². The van der Waals surface area contributed by atoms with E-state index in [-0.39, 0.29) is 22.9 Å². The first kappa shape index (κ1) is 27.1. The number of nitrogens with zero attached hydrogens (tertiary/aromatic N) is 2. The lowest BCUT2D eigenvalue weighted by Crippen LogP contribution is -2.40. The van der Waals surface area contributed by atoms with Gasteiger partial charge in [-0.1, -0.05) is 41.9 Å². The summed E-state index contributed by atoms with van der Waals surface area (Å²) >= 11 is 6.95. The molecule has 0 aromatic heterocycles. The molecule has 2 heterocycles.